The third kappa shape index (κ3) is 6.32. The Morgan fingerprint density at radius 1 is 1.39 bits per heavy atom. The van der Waals surface area contributed by atoms with Crippen LogP contribution >= 0.6 is 0 Å². The molecule has 1 aromatic heterocycles. The highest BCUT2D eigenvalue weighted by Crippen LogP contribution is 1.97. The van der Waals surface area contributed by atoms with Gasteiger partial charge in [-0.05, 0) is 19.1 Å². The van der Waals surface area contributed by atoms with Crippen molar-refractivity contribution >= 4 is 5.91 Å². The molecule has 0 aromatic carbocycles. The molecule has 0 aliphatic heterocycles. The van der Waals surface area contributed by atoms with Crippen LogP contribution < -0.4 is 10.6 Å². The van der Waals surface area contributed by atoms with Crippen molar-refractivity contribution < 1.29 is 9.53 Å². The molecular formula is C13H21N3O2. The Kier molecular flexibility index (Phi) is 6.98. The molecule has 18 heavy (non-hydrogen) atoms. The monoisotopic (exact) mass is 251 g/mol. The lowest BCUT2D eigenvalue weighted by molar-refractivity contribution is -0.121. The summed E-state index contributed by atoms with van der Waals surface area (Å²) in [5.74, 6) is 0.0387. The summed E-state index contributed by atoms with van der Waals surface area (Å²) in [5.41, 5.74) is 2.00. The number of carbonyl (C=O) groups is 1. The summed E-state index contributed by atoms with van der Waals surface area (Å²) in [4.78, 5) is 15.7. The van der Waals surface area contributed by atoms with Crippen molar-refractivity contribution in [2.24, 2.45) is 0 Å². The van der Waals surface area contributed by atoms with Gasteiger partial charge in [0.2, 0.25) is 5.91 Å². The Bertz CT molecular complexity index is 369. The minimum Gasteiger partial charge on any atom is -0.383 e. The van der Waals surface area contributed by atoms with E-state index in [-0.39, 0.29) is 5.91 Å². The first-order valence-electron chi connectivity index (χ1n) is 6.11. The Hall–Kier alpha value is -1.46. The molecule has 0 spiro atoms. The Balaban J connectivity index is 2.09. The number of aryl methyl sites for hydroxylation is 1. The summed E-state index contributed by atoms with van der Waals surface area (Å²) < 4.78 is 4.85. The van der Waals surface area contributed by atoms with E-state index >= 15 is 0 Å². The number of carbonyl (C=O) groups excluding carboxylic acids is 1. The normalized spacial score (nSPS) is 10.3. The van der Waals surface area contributed by atoms with Crippen molar-refractivity contribution in [3.05, 3.63) is 29.6 Å². The molecule has 0 saturated carbocycles. The standard InChI is InChI=1S/C13H21N3O2/c1-11-4-3-5-12(16-11)10-14-7-6-13(17)15-8-9-18-2/h3-5,14H,6-10H2,1-2H3,(H,15,17). The van der Waals surface area contributed by atoms with E-state index in [1.807, 2.05) is 25.1 Å². The molecule has 0 atom stereocenters. The number of hydrogen-bond donors (Lipinski definition) is 2. The van der Waals surface area contributed by atoms with Gasteiger partial charge in [0.05, 0.1) is 12.3 Å². The van der Waals surface area contributed by atoms with Crippen molar-refractivity contribution in [2.45, 2.75) is 19.9 Å². The van der Waals surface area contributed by atoms with Crippen molar-refractivity contribution in [3.63, 3.8) is 0 Å². The molecule has 1 amide bonds. The zero-order valence-corrected chi connectivity index (χ0v) is 11.0. The quantitative estimate of drug-likeness (QED) is 0.665. The number of rotatable bonds is 8. The smallest absolute Gasteiger partial charge is 0.221 e. The van der Waals surface area contributed by atoms with E-state index in [1.165, 1.54) is 0 Å². The van der Waals surface area contributed by atoms with Gasteiger partial charge in [-0.25, -0.2) is 0 Å². The number of methoxy groups -OCH3 is 1. The van der Waals surface area contributed by atoms with Crippen LogP contribution in [0.15, 0.2) is 18.2 Å². The summed E-state index contributed by atoms with van der Waals surface area (Å²) >= 11 is 0. The molecule has 1 rings (SSSR count). The largest absolute Gasteiger partial charge is 0.383 e. The zero-order chi connectivity index (χ0) is 13.2. The Morgan fingerprint density at radius 3 is 2.94 bits per heavy atom. The fourth-order valence-electron chi connectivity index (χ4n) is 1.50. The van der Waals surface area contributed by atoms with Crippen LogP contribution in [0, 0.1) is 6.92 Å². The second kappa shape index (κ2) is 8.60. The van der Waals surface area contributed by atoms with Crippen molar-refractivity contribution in [1.29, 1.82) is 0 Å². The third-order valence-corrected chi connectivity index (χ3v) is 2.41. The van der Waals surface area contributed by atoms with Gasteiger partial charge < -0.3 is 15.4 Å². The number of nitrogens with zero attached hydrogens (tertiary/aromatic N) is 1. The minimum atomic E-state index is 0.0387. The molecule has 0 aliphatic carbocycles. The van der Waals surface area contributed by atoms with Crippen LogP contribution in [0.25, 0.3) is 0 Å². The second-order valence-corrected chi connectivity index (χ2v) is 4.04. The molecule has 1 aromatic rings. The van der Waals surface area contributed by atoms with Gasteiger partial charge in [0, 0.05) is 38.9 Å². The van der Waals surface area contributed by atoms with Gasteiger partial charge in [0.15, 0.2) is 0 Å². The van der Waals surface area contributed by atoms with Crippen molar-refractivity contribution in [1.82, 2.24) is 15.6 Å². The van der Waals surface area contributed by atoms with Crippen LogP contribution in [-0.4, -0.2) is 37.7 Å². The highest BCUT2D eigenvalue weighted by Gasteiger charge is 2.00. The molecule has 2 N–H and O–H groups in total. The molecule has 0 fully saturated rings. The SMILES string of the molecule is COCCNC(=O)CCNCc1cccc(C)n1. The maximum absolute atomic E-state index is 11.4. The van der Waals surface area contributed by atoms with E-state index in [4.69, 9.17) is 4.74 Å². The van der Waals surface area contributed by atoms with Crippen molar-refractivity contribution in [2.75, 3.05) is 26.8 Å². The van der Waals surface area contributed by atoms with Crippen LogP contribution in [0.2, 0.25) is 0 Å². The minimum absolute atomic E-state index is 0.0387. The average molecular weight is 251 g/mol. The molecule has 0 radical (unpaired) electrons. The lowest BCUT2D eigenvalue weighted by Gasteiger charge is -2.06. The van der Waals surface area contributed by atoms with Gasteiger partial charge >= 0.3 is 0 Å². The second-order valence-electron chi connectivity index (χ2n) is 4.04. The first kappa shape index (κ1) is 14.6. The number of nitrogens with one attached hydrogen (secondary N) is 2. The maximum atomic E-state index is 11.4. The summed E-state index contributed by atoms with van der Waals surface area (Å²) in [5, 5.41) is 5.97. The topological polar surface area (TPSA) is 63.2 Å². The van der Waals surface area contributed by atoms with Crippen LogP contribution in [0.5, 0.6) is 0 Å². The van der Waals surface area contributed by atoms with Gasteiger partial charge in [-0.2, -0.15) is 0 Å². The predicted molar refractivity (Wildman–Crippen MR) is 70.2 cm³/mol. The fourth-order valence-corrected chi connectivity index (χ4v) is 1.50. The number of ether oxygens (including phenoxy) is 1. The van der Waals surface area contributed by atoms with Gasteiger partial charge in [0.1, 0.15) is 0 Å². The highest BCUT2D eigenvalue weighted by molar-refractivity contribution is 5.75. The maximum Gasteiger partial charge on any atom is 0.221 e. The lowest BCUT2D eigenvalue weighted by atomic mass is 10.3. The average Bonchev–Trinajstić information content (AvgIpc) is 2.35. The lowest BCUT2D eigenvalue weighted by Crippen LogP contribution is -2.30. The van der Waals surface area contributed by atoms with Crippen LogP contribution in [0.3, 0.4) is 0 Å². The highest BCUT2D eigenvalue weighted by atomic mass is 16.5. The van der Waals surface area contributed by atoms with E-state index in [0.29, 0.717) is 32.7 Å². The molecule has 5 heteroatoms. The van der Waals surface area contributed by atoms with E-state index in [9.17, 15) is 4.79 Å². The Labute approximate surface area is 108 Å². The van der Waals surface area contributed by atoms with Crippen LogP contribution in [-0.2, 0) is 16.1 Å². The first-order valence-corrected chi connectivity index (χ1v) is 6.11. The molecular weight excluding hydrogens is 230 g/mol. The van der Waals surface area contributed by atoms with Gasteiger partial charge in [-0.3, -0.25) is 9.78 Å². The van der Waals surface area contributed by atoms with Crippen LogP contribution in [0.1, 0.15) is 17.8 Å². The van der Waals surface area contributed by atoms with Gasteiger partial charge in [-0.15, -0.1) is 0 Å². The Morgan fingerprint density at radius 2 is 2.22 bits per heavy atom. The van der Waals surface area contributed by atoms with E-state index < -0.39 is 0 Å². The predicted octanol–water partition coefficient (Wildman–Crippen LogP) is 0.632. The van der Waals surface area contributed by atoms with E-state index in [1.54, 1.807) is 7.11 Å². The molecule has 100 valence electrons. The number of hydrogen-bond acceptors (Lipinski definition) is 4. The van der Waals surface area contributed by atoms with E-state index in [2.05, 4.69) is 15.6 Å². The van der Waals surface area contributed by atoms with E-state index in [0.717, 1.165) is 11.4 Å². The summed E-state index contributed by atoms with van der Waals surface area (Å²) in [7, 11) is 1.61. The molecule has 0 unspecified atom stereocenters. The third-order valence-electron chi connectivity index (χ3n) is 2.41. The molecule has 0 aliphatic rings. The van der Waals surface area contributed by atoms with Crippen molar-refractivity contribution in [3.8, 4) is 0 Å². The molecule has 5 nitrogen and oxygen atoms in total. The van der Waals surface area contributed by atoms with Gasteiger partial charge in [-0.1, -0.05) is 6.07 Å². The molecule has 1 heterocycles. The fraction of sp³-hybridized carbons (Fsp3) is 0.538. The number of pyridine rings is 1. The molecule has 0 bridgehead atoms. The zero-order valence-electron chi connectivity index (χ0n) is 11.0. The summed E-state index contributed by atoms with van der Waals surface area (Å²) in [6.07, 6.45) is 0.468. The van der Waals surface area contributed by atoms with Crippen LogP contribution in [0.4, 0.5) is 0 Å². The molecule has 0 saturated heterocycles. The summed E-state index contributed by atoms with van der Waals surface area (Å²) in [6.45, 7) is 4.41. The summed E-state index contributed by atoms with van der Waals surface area (Å²) in [6, 6.07) is 5.92. The number of amides is 1. The van der Waals surface area contributed by atoms with Gasteiger partial charge in [0.25, 0.3) is 0 Å². The first-order chi connectivity index (χ1) is 8.72. The number of aromatic nitrogens is 1.